The minimum atomic E-state index is -0.979. The fourth-order valence-corrected chi connectivity index (χ4v) is 4.78. The Morgan fingerprint density at radius 1 is 1.14 bits per heavy atom. The molecule has 2 saturated heterocycles. The van der Waals surface area contributed by atoms with Gasteiger partial charge in [0.2, 0.25) is 0 Å². The van der Waals surface area contributed by atoms with E-state index >= 15 is 0 Å². The molecule has 6 heteroatoms. The van der Waals surface area contributed by atoms with E-state index in [0.717, 1.165) is 28.9 Å². The summed E-state index contributed by atoms with van der Waals surface area (Å²) in [7, 11) is 0. The molecule has 2 bridgehead atoms. The number of carbonyl (C=O) groups is 1. The Morgan fingerprint density at radius 3 is 2.66 bits per heavy atom. The number of ether oxygens (including phenoxy) is 3. The second-order valence-electron chi connectivity index (χ2n) is 8.15. The molecule has 3 aliphatic heterocycles. The predicted octanol–water partition coefficient (Wildman–Crippen LogP) is 3.01. The predicted molar refractivity (Wildman–Crippen MR) is 106 cm³/mol. The average molecular weight is 395 g/mol. The van der Waals surface area contributed by atoms with Crippen molar-refractivity contribution in [1.29, 1.82) is 0 Å². The minimum Gasteiger partial charge on any atom is -0.493 e. The van der Waals surface area contributed by atoms with Gasteiger partial charge in [0.15, 0.2) is 0 Å². The number of amides is 1. The fraction of sp³-hybridized carbons (Fsp3) is 0.435. The Labute approximate surface area is 170 Å². The maximum atomic E-state index is 12.8. The normalized spacial score (nSPS) is 27.8. The zero-order valence-corrected chi connectivity index (χ0v) is 16.3. The van der Waals surface area contributed by atoms with Gasteiger partial charge in [-0.3, -0.25) is 4.90 Å². The van der Waals surface area contributed by atoms with Crippen molar-refractivity contribution >= 4 is 6.09 Å². The molecule has 0 radical (unpaired) electrons. The molecular weight excluding hydrogens is 370 g/mol. The maximum absolute atomic E-state index is 12.8. The lowest BCUT2D eigenvalue weighted by molar-refractivity contribution is -0.136. The molecule has 152 valence electrons. The number of morpholine rings is 1. The average Bonchev–Trinajstić information content (AvgIpc) is 3.20. The van der Waals surface area contributed by atoms with Gasteiger partial charge in [-0.15, -0.1) is 0 Å². The van der Waals surface area contributed by atoms with Crippen LogP contribution in [0.2, 0.25) is 0 Å². The van der Waals surface area contributed by atoms with E-state index in [2.05, 4.69) is 6.07 Å². The number of carbonyl (C=O) groups excluding carboxylic acids is 1. The van der Waals surface area contributed by atoms with E-state index in [1.165, 1.54) is 0 Å². The molecule has 3 aliphatic rings. The van der Waals surface area contributed by atoms with Crippen molar-refractivity contribution in [2.75, 3.05) is 19.8 Å². The van der Waals surface area contributed by atoms with Gasteiger partial charge in [0.25, 0.3) is 0 Å². The molecular formula is C23H25NO5. The summed E-state index contributed by atoms with van der Waals surface area (Å²) in [5.41, 5.74) is 2.02. The maximum Gasteiger partial charge on any atom is 0.410 e. The molecule has 3 heterocycles. The molecule has 29 heavy (non-hydrogen) atoms. The highest BCUT2D eigenvalue weighted by Gasteiger charge is 2.49. The van der Waals surface area contributed by atoms with Crippen LogP contribution in [0, 0.1) is 0 Å². The highest BCUT2D eigenvalue weighted by atomic mass is 16.6. The van der Waals surface area contributed by atoms with Crippen LogP contribution in [0.3, 0.4) is 0 Å². The Kier molecular flexibility index (Phi) is 4.68. The van der Waals surface area contributed by atoms with E-state index in [1.54, 1.807) is 4.90 Å². The summed E-state index contributed by atoms with van der Waals surface area (Å²) in [5, 5.41) is 11.5. The van der Waals surface area contributed by atoms with E-state index in [1.807, 2.05) is 42.5 Å². The Bertz CT molecular complexity index is 885. The lowest BCUT2D eigenvalue weighted by Gasteiger charge is -2.51. The third-order valence-corrected chi connectivity index (χ3v) is 6.20. The van der Waals surface area contributed by atoms with Crippen molar-refractivity contribution in [3.05, 3.63) is 65.2 Å². The van der Waals surface area contributed by atoms with Crippen molar-refractivity contribution in [1.82, 2.24) is 4.90 Å². The second-order valence-corrected chi connectivity index (χ2v) is 8.15. The number of hydrogen-bond acceptors (Lipinski definition) is 5. The third-order valence-electron chi connectivity index (χ3n) is 6.20. The van der Waals surface area contributed by atoms with Crippen LogP contribution in [0.4, 0.5) is 4.79 Å². The summed E-state index contributed by atoms with van der Waals surface area (Å²) in [6, 6.07) is 15.2. The Hall–Kier alpha value is -2.57. The van der Waals surface area contributed by atoms with E-state index in [-0.39, 0.29) is 24.8 Å². The molecule has 6 nitrogen and oxygen atoms in total. The first-order chi connectivity index (χ1) is 14.1. The van der Waals surface area contributed by atoms with Crippen LogP contribution in [0.25, 0.3) is 0 Å². The van der Waals surface area contributed by atoms with Gasteiger partial charge in [-0.05, 0) is 28.8 Å². The first-order valence-corrected chi connectivity index (χ1v) is 10.2. The minimum absolute atomic E-state index is 0.208. The molecule has 2 fully saturated rings. The van der Waals surface area contributed by atoms with Gasteiger partial charge in [-0.2, -0.15) is 0 Å². The first-order valence-electron chi connectivity index (χ1n) is 10.2. The third kappa shape index (κ3) is 3.47. The molecule has 2 aromatic carbocycles. The molecule has 0 aromatic heterocycles. The van der Waals surface area contributed by atoms with Crippen LogP contribution in [0.1, 0.15) is 29.5 Å². The Morgan fingerprint density at radius 2 is 1.90 bits per heavy atom. The lowest BCUT2D eigenvalue weighted by atomic mass is 9.76. The van der Waals surface area contributed by atoms with Crippen molar-refractivity contribution in [2.45, 2.75) is 43.6 Å². The van der Waals surface area contributed by atoms with E-state index in [0.29, 0.717) is 32.7 Å². The molecule has 2 atom stereocenters. The highest BCUT2D eigenvalue weighted by molar-refractivity contribution is 5.69. The number of fused-ring (bicyclic) bond motifs is 3. The van der Waals surface area contributed by atoms with Gasteiger partial charge < -0.3 is 19.3 Å². The van der Waals surface area contributed by atoms with Crippen molar-refractivity contribution < 1.29 is 24.1 Å². The quantitative estimate of drug-likeness (QED) is 0.865. The van der Waals surface area contributed by atoms with E-state index in [4.69, 9.17) is 14.2 Å². The zero-order chi connectivity index (χ0) is 19.8. The standard InChI is InChI=1S/C23H25NO5/c25-22(29-13-16-4-2-1-3-5-16)24-19-11-23(26,12-20(24)15-27-14-19)18-6-7-21-17(10-18)8-9-28-21/h1-7,10,19-20,26H,8-9,11-15H2. The molecule has 1 N–H and O–H groups in total. The smallest absolute Gasteiger partial charge is 0.410 e. The molecule has 2 aromatic rings. The summed E-state index contributed by atoms with van der Waals surface area (Å²) in [5.74, 6) is 0.905. The summed E-state index contributed by atoms with van der Waals surface area (Å²) >= 11 is 0. The van der Waals surface area contributed by atoms with E-state index < -0.39 is 5.60 Å². The summed E-state index contributed by atoms with van der Waals surface area (Å²) in [6.07, 6.45) is 1.40. The van der Waals surface area contributed by atoms with Crippen LogP contribution >= 0.6 is 0 Å². The van der Waals surface area contributed by atoms with Crippen LogP contribution < -0.4 is 4.74 Å². The van der Waals surface area contributed by atoms with Crippen LogP contribution in [0.15, 0.2) is 48.5 Å². The monoisotopic (exact) mass is 395 g/mol. The van der Waals surface area contributed by atoms with Crippen LogP contribution in [-0.4, -0.2) is 48.0 Å². The number of rotatable bonds is 3. The molecule has 0 aliphatic carbocycles. The fourth-order valence-electron chi connectivity index (χ4n) is 4.78. The topological polar surface area (TPSA) is 68.2 Å². The number of benzene rings is 2. The number of hydrogen-bond donors (Lipinski definition) is 1. The molecule has 0 spiro atoms. The summed E-state index contributed by atoms with van der Waals surface area (Å²) in [4.78, 5) is 14.6. The lowest BCUT2D eigenvalue weighted by Crippen LogP contribution is -2.62. The second kappa shape index (κ2) is 7.35. The van der Waals surface area contributed by atoms with E-state index in [9.17, 15) is 9.90 Å². The Balaban J connectivity index is 1.32. The molecule has 0 saturated carbocycles. The molecule has 2 unspecified atom stereocenters. The van der Waals surface area contributed by atoms with Crippen molar-refractivity contribution in [3.8, 4) is 5.75 Å². The highest BCUT2D eigenvalue weighted by Crippen LogP contribution is 2.42. The first kappa shape index (κ1) is 18.5. The van der Waals surface area contributed by atoms with Crippen molar-refractivity contribution in [3.63, 3.8) is 0 Å². The molecule has 5 rings (SSSR count). The van der Waals surface area contributed by atoms with Crippen LogP contribution in [0.5, 0.6) is 5.75 Å². The van der Waals surface area contributed by atoms with Crippen LogP contribution in [-0.2, 0) is 28.1 Å². The van der Waals surface area contributed by atoms with Crippen molar-refractivity contribution in [2.24, 2.45) is 0 Å². The number of nitrogens with zero attached hydrogens (tertiary/aromatic N) is 1. The van der Waals surface area contributed by atoms with Gasteiger partial charge >= 0.3 is 6.09 Å². The SMILES string of the molecule is O=C(OCc1ccccc1)N1C2COCC1CC(O)(c1ccc3c(c1)CCO3)C2. The number of piperidine rings is 1. The molecule has 1 amide bonds. The van der Waals surface area contributed by atoms with Gasteiger partial charge in [-0.1, -0.05) is 36.4 Å². The van der Waals surface area contributed by atoms with Gasteiger partial charge in [0, 0.05) is 19.3 Å². The number of aliphatic hydroxyl groups is 1. The summed E-state index contributed by atoms with van der Waals surface area (Å²) < 4.78 is 16.9. The zero-order valence-electron chi connectivity index (χ0n) is 16.3. The van der Waals surface area contributed by atoms with Gasteiger partial charge in [0.1, 0.15) is 12.4 Å². The summed E-state index contributed by atoms with van der Waals surface area (Å²) in [6.45, 7) is 1.75. The van der Waals surface area contributed by atoms with Gasteiger partial charge in [-0.25, -0.2) is 4.79 Å². The van der Waals surface area contributed by atoms with Gasteiger partial charge in [0.05, 0.1) is 37.5 Å². The largest absolute Gasteiger partial charge is 0.493 e.